The third-order valence-corrected chi connectivity index (χ3v) is 3.06. The van der Waals surface area contributed by atoms with Gasteiger partial charge in [0, 0.05) is 13.1 Å². The van der Waals surface area contributed by atoms with Crippen molar-refractivity contribution in [2.45, 2.75) is 26.4 Å². The summed E-state index contributed by atoms with van der Waals surface area (Å²) in [6.45, 7) is 5.70. The van der Waals surface area contributed by atoms with Gasteiger partial charge in [0.1, 0.15) is 0 Å². The van der Waals surface area contributed by atoms with Crippen molar-refractivity contribution in [1.82, 2.24) is 4.90 Å². The van der Waals surface area contributed by atoms with Gasteiger partial charge in [-0.05, 0) is 13.3 Å². The first kappa shape index (κ1) is 12.4. The van der Waals surface area contributed by atoms with Crippen molar-refractivity contribution in [3.8, 4) is 0 Å². The Hall–Kier alpha value is -0.680. The molecule has 86 valence electrons. The molecule has 0 bridgehead atoms. The average Bonchev–Trinajstić information content (AvgIpc) is 2.27. The Labute approximate surface area is 95.8 Å². The number of morpholine rings is 1. The number of nitrogens with zero attached hydrogens (tertiary/aromatic N) is 1. The number of rotatable bonds is 3. The molecule has 0 saturated carbocycles. The first-order valence-electron chi connectivity index (χ1n) is 5.26. The van der Waals surface area contributed by atoms with E-state index in [2.05, 4.69) is 6.92 Å². The highest BCUT2D eigenvalue weighted by Crippen LogP contribution is 2.11. The molecule has 0 spiro atoms. The molecular formula is C10H18N2O2S. The second kappa shape index (κ2) is 5.42. The van der Waals surface area contributed by atoms with Crippen LogP contribution in [-0.4, -0.2) is 41.6 Å². The van der Waals surface area contributed by atoms with E-state index in [4.69, 9.17) is 22.7 Å². The predicted molar refractivity (Wildman–Crippen MR) is 62.6 cm³/mol. The number of ether oxygens (including phenoxy) is 1. The summed E-state index contributed by atoms with van der Waals surface area (Å²) in [6, 6.07) is 0. The van der Waals surface area contributed by atoms with Gasteiger partial charge in [-0.3, -0.25) is 4.79 Å². The van der Waals surface area contributed by atoms with E-state index >= 15 is 0 Å². The number of nitrogens with two attached hydrogens (primary N) is 1. The molecule has 0 aromatic heterocycles. The van der Waals surface area contributed by atoms with Crippen molar-refractivity contribution < 1.29 is 9.53 Å². The lowest BCUT2D eigenvalue weighted by Crippen LogP contribution is -2.49. The average molecular weight is 230 g/mol. The number of hydrogen-bond acceptors (Lipinski definition) is 3. The number of carbonyl (C=O) groups is 1. The van der Waals surface area contributed by atoms with Gasteiger partial charge >= 0.3 is 0 Å². The van der Waals surface area contributed by atoms with E-state index in [1.54, 1.807) is 11.8 Å². The largest absolute Gasteiger partial charge is 0.393 e. The molecule has 15 heavy (non-hydrogen) atoms. The summed E-state index contributed by atoms with van der Waals surface area (Å²) >= 11 is 4.82. The molecule has 1 fully saturated rings. The zero-order valence-corrected chi connectivity index (χ0v) is 10.0. The fraction of sp³-hybridized carbons (Fsp3) is 0.800. The first-order chi connectivity index (χ1) is 7.06. The molecule has 4 nitrogen and oxygen atoms in total. The molecule has 1 aliphatic rings. The maximum absolute atomic E-state index is 11.9. The number of thiocarbonyl (C=S) groups is 1. The van der Waals surface area contributed by atoms with E-state index in [-0.39, 0.29) is 22.9 Å². The summed E-state index contributed by atoms with van der Waals surface area (Å²) in [6.07, 6.45) is 1.08. The molecular weight excluding hydrogens is 212 g/mol. The van der Waals surface area contributed by atoms with Crippen LogP contribution in [0.2, 0.25) is 0 Å². The summed E-state index contributed by atoms with van der Waals surface area (Å²) in [5.41, 5.74) is 5.46. The van der Waals surface area contributed by atoms with Crippen LogP contribution in [0.3, 0.4) is 0 Å². The summed E-state index contributed by atoms with van der Waals surface area (Å²) in [5, 5.41) is 0. The van der Waals surface area contributed by atoms with Crippen LogP contribution in [-0.2, 0) is 9.53 Å². The highest BCUT2D eigenvalue weighted by atomic mass is 32.1. The van der Waals surface area contributed by atoms with E-state index in [9.17, 15) is 4.79 Å². The Morgan fingerprint density at radius 3 is 2.93 bits per heavy atom. The minimum Gasteiger partial charge on any atom is -0.393 e. The topological polar surface area (TPSA) is 55.6 Å². The SMILES string of the molecule is CCC1CN(C(=O)C(C)C(N)=S)CCO1. The fourth-order valence-electron chi connectivity index (χ4n) is 1.56. The molecule has 0 aromatic carbocycles. The van der Waals surface area contributed by atoms with E-state index in [1.165, 1.54) is 0 Å². The summed E-state index contributed by atoms with van der Waals surface area (Å²) in [5.74, 6) is -0.347. The summed E-state index contributed by atoms with van der Waals surface area (Å²) < 4.78 is 5.49. The van der Waals surface area contributed by atoms with Crippen LogP contribution in [0, 0.1) is 5.92 Å². The van der Waals surface area contributed by atoms with Crippen molar-refractivity contribution in [3.05, 3.63) is 0 Å². The monoisotopic (exact) mass is 230 g/mol. The first-order valence-corrected chi connectivity index (χ1v) is 5.66. The fourth-order valence-corrected chi connectivity index (χ4v) is 1.66. The van der Waals surface area contributed by atoms with Gasteiger partial charge in [-0.15, -0.1) is 0 Å². The molecule has 5 heteroatoms. The lowest BCUT2D eigenvalue weighted by molar-refractivity contribution is -0.140. The van der Waals surface area contributed by atoms with Gasteiger partial charge in [-0.1, -0.05) is 19.1 Å². The maximum Gasteiger partial charge on any atom is 0.232 e. The molecule has 0 radical (unpaired) electrons. The third kappa shape index (κ3) is 3.14. The molecule has 1 aliphatic heterocycles. The van der Waals surface area contributed by atoms with Gasteiger partial charge in [-0.25, -0.2) is 0 Å². The van der Waals surface area contributed by atoms with Gasteiger partial charge in [0.05, 0.1) is 23.6 Å². The van der Waals surface area contributed by atoms with E-state index in [0.717, 1.165) is 6.42 Å². The molecule has 2 atom stereocenters. The zero-order valence-electron chi connectivity index (χ0n) is 9.23. The minimum absolute atomic E-state index is 0.0178. The standard InChI is InChI=1S/C10H18N2O2S/c1-3-8-6-12(4-5-14-8)10(13)7(2)9(11)15/h7-8H,3-6H2,1-2H3,(H2,11,15). The molecule has 1 rings (SSSR count). The maximum atomic E-state index is 11.9. The van der Waals surface area contributed by atoms with Gasteiger partial charge in [0.15, 0.2) is 0 Å². The van der Waals surface area contributed by atoms with Gasteiger partial charge in [-0.2, -0.15) is 0 Å². The Bertz CT molecular complexity index is 258. The lowest BCUT2D eigenvalue weighted by Gasteiger charge is -2.33. The Morgan fingerprint density at radius 1 is 1.73 bits per heavy atom. The molecule has 2 unspecified atom stereocenters. The van der Waals surface area contributed by atoms with Crippen molar-refractivity contribution in [2.24, 2.45) is 11.7 Å². The van der Waals surface area contributed by atoms with Gasteiger partial charge in [0.2, 0.25) is 5.91 Å². The summed E-state index contributed by atoms with van der Waals surface area (Å²) in [4.78, 5) is 14.0. The Balaban J connectivity index is 2.55. The van der Waals surface area contributed by atoms with Crippen LogP contribution in [0.1, 0.15) is 20.3 Å². The molecule has 1 saturated heterocycles. The highest BCUT2D eigenvalue weighted by Gasteiger charge is 2.27. The third-order valence-electron chi connectivity index (χ3n) is 2.70. The van der Waals surface area contributed by atoms with Crippen LogP contribution < -0.4 is 5.73 Å². The smallest absolute Gasteiger partial charge is 0.232 e. The van der Waals surface area contributed by atoms with Gasteiger partial charge < -0.3 is 15.4 Å². The van der Waals surface area contributed by atoms with Crippen molar-refractivity contribution in [2.75, 3.05) is 19.7 Å². The minimum atomic E-state index is -0.365. The van der Waals surface area contributed by atoms with E-state index in [1.807, 2.05) is 0 Å². The van der Waals surface area contributed by atoms with Crippen LogP contribution in [0.15, 0.2) is 0 Å². The highest BCUT2D eigenvalue weighted by molar-refractivity contribution is 7.80. The van der Waals surface area contributed by atoms with Crippen LogP contribution >= 0.6 is 12.2 Å². The number of amides is 1. The van der Waals surface area contributed by atoms with E-state index in [0.29, 0.717) is 19.7 Å². The van der Waals surface area contributed by atoms with Crippen molar-refractivity contribution >= 4 is 23.1 Å². The lowest BCUT2D eigenvalue weighted by atomic mass is 10.1. The Kier molecular flexibility index (Phi) is 4.47. The number of hydrogen-bond donors (Lipinski definition) is 1. The second-order valence-electron chi connectivity index (χ2n) is 3.81. The van der Waals surface area contributed by atoms with Crippen molar-refractivity contribution in [1.29, 1.82) is 0 Å². The Morgan fingerprint density at radius 2 is 2.40 bits per heavy atom. The number of carbonyl (C=O) groups excluding carboxylic acids is 1. The second-order valence-corrected chi connectivity index (χ2v) is 4.28. The van der Waals surface area contributed by atoms with Crippen LogP contribution in [0.4, 0.5) is 0 Å². The predicted octanol–water partition coefficient (Wildman–Crippen LogP) is 0.546. The van der Waals surface area contributed by atoms with Crippen molar-refractivity contribution in [3.63, 3.8) is 0 Å². The molecule has 1 amide bonds. The molecule has 1 heterocycles. The quantitative estimate of drug-likeness (QED) is 0.719. The zero-order chi connectivity index (χ0) is 11.4. The van der Waals surface area contributed by atoms with Crippen LogP contribution in [0.25, 0.3) is 0 Å². The summed E-state index contributed by atoms with van der Waals surface area (Å²) in [7, 11) is 0. The molecule has 0 aromatic rings. The normalized spacial score (nSPS) is 23.6. The van der Waals surface area contributed by atoms with Gasteiger partial charge in [0.25, 0.3) is 0 Å². The molecule has 2 N–H and O–H groups in total. The van der Waals surface area contributed by atoms with E-state index < -0.39 is 0 Å². The molecule has 0 aliphatic carbocycles. The van der Waals surface area contributed by atoms with Crippen LogP contribution in [0.5, 0.6) is 0 Å².